The minimum Gasteiger partial charge on any atom is -0.312 e. The Labute approximate surface area is 93.4 Å². The highest BCUT2D eigenvalue weighted by Crippen LogP contribution is 2.39. The molecule has 0 aromatic carbocycles. The minimum absolute atomic E-state index is 0.646. The van der Waals surface area contributed by atoms with Crippen LogP contribution < -0.4 is 5.32 Å². The number of hydrogen-bond donors (Lipinski definition) is 1. The van der Waals surface area contributed by atoms with Crippen LogP contribution in [-0.2, 0) is 0 Å². The van der Waals surface area contributed by atoms with Crippen LogP contribution in [0.1, 0.15) is 45.4 Å². The van der Waals surface area contributed by atoms with Crippen molar-refractivity contribution in [3.05, 3.63) is 0 Å². The highest BCUT2D eigenvalue weighted by molar-refractivity contribution is 4.93. The average Bonchev–Trinajstić information content (AvgIpc) is 2.93. The zero-order chi connectivity index (χ0) is 10.3. The largest absolute Gasteiger partial charge is 0.312 e. The number of rotatable bonds is 4. The average molecular weight is 208 g/mol. The summed E-state index contributed by atoms with van der Waals surface area (Å²) >= 11 is 0. The van der Waals surface area contributed by atoms with Gasteiger partial charge in [-0.2, -0.15) is 0 Å². The smallest absolute Gasteiger partial charge is 0.0207 e. The summed E-state index contributed by atoms with van der Waals surface area (Å²) in [5, 5.41) is 3.80. The van der Waals surface area contributed by atoms with Gasteiger partial charge in [0.1, 0.15) is 0 Å². The summed E-state index contributed by atoms with van der Waals surface area (Å²) in [4.78, 5) is 2.70. The van der Waals surface area contributed by atoms with Gasteiger partial charge < -0.3 is 5.32 Å². The van der Waals surface area contributed by atoms with E-state index in [1.54, 1.807) is 0 Å². The second-order valence-electron chi connectivity index (χ2n) is 6.26. The molecule has 3 fully saturated rings. The summed E-state index contributed by atoms with van der Waals surface area (Å²) in [6.45, 7) is 6.37. The van der Waals surface area contributed by atoms with Crippen LogP contribution in [0.4, 0.5) is 0 Å². The Balaban J connectivity index is 1.40. The van der Waals surface area contributed by atoms with Crippen LogP contribution in [0.3, 0.4) is 0 Å². The van der Waals surface area contributed by atoms with E-state index in [0.29, 0.717) is 5.41 Å². The Morgan fingerprint density at radius 1 is 1.27 bits per heavy atom. The molecule has 2 heteroatoms. The molecule has 1 saturated heterocycles. The monoisotopic (exact) mass is 208 g/mol. The molecule has 1 aliphatic heterocycles. The van der Waals surface area contributed by atoms with Crippen LogP contribution in [0.2, 0.25) is 0 Å². The molecule has 15 heavy (non-hydrogen) atoms. The van der Waals surface area contributed by atoms with Gasteiger partial charge in [-0.3, -0.25) is 4.90 Å². The highest BCUT2D eigenvalue weighted by Gasteiger charge is 2.36. The van der Waals surface area contributed by atoms with Gasteiger partial charge in [-0.05, 0) is 37.5 Å². The van der Waals surface area contributed by atoms with Crippen molar-refractivity contribution in [2.45, 2.75) is 57.5 Å². The molecule has 2 nitrogen and oxygen atoms in total. The van der Waals surface area contributed by atoms with E-state index in [9.17, 15) is 0 Å². The third kappa shape index (κ3) is 2.21. The molecule has 3 rings (SSSR count). The lowest BCUT2D eigenvalue weighted by molar-refractivity contribution is 0.150. The summed E-state index contributed by atoms with van der Waals surface area (Å²) in [6, 6.07) is 1.76. The Morgan fingerprint density at radius 3 is 2.67 bits per heavy atom. The van der Waals surface area contributed by atoms with Gasteiger partial charge in [-0.1, -0.05) is 13.3 Å². The van der Waals surface area contributed by atoms with Crippen LogP contribution in [0.15, 0.2) is 0 Å². The number of likely N-dealkylation sites (tertiary alicyclic amines) is 1. The van der Waals surface area contributed by atoms with Gasteiger partial charge in [0.2, 0.25) is 0 Å². The summed E-state index contributed by atoms with van der Waals surface area (Å²) < 4.78 is 0. The lowest BCUT2D eigenvalue weighted by Crippen LogP contribution is -2.43. The molecule has 0 bridgehead atoms. The molecular weight excluding hydrogens is 184 g/mol. The molecule has 86 valence electrons. The molecule has 0 amide bonds. The summed E-state index contributed by atoms with van der Waals surface area (Å²) in [7, 11) is 0. The van der Waals surface area contributed by atoms with Crippen LogP contribution >= 0.6 is 0 Å². The van der Waals surface area contributed by atoms with Gasteiger partial charge in [0.15, 0.2) is 0 Å². The maximum absolute atomic E-state index is 3.80. The predicted molar refractivity (Wildman–Crippen MR) is 63.0 cm³/mol. The molecule has 1 heterocycles. The second-order valence-corrected chi connectivity index (χ2v) is 6.26. The van der Waals surface area contributed by atoms with E-state index >= 15 is 0 Å². The van der Waals surface area contributed by atoms with Crippen molar-refractivity contribution in [2.75, 3.05) is 19.6 Å². The summed E-state index contributed by atoms with van der Waals surface area (Å²) in [5.74, 6) is 0. The maximum atomic E-state index is 3.80. The lowest BCUT2D eigenvalue weighted by atomic mass is 9.70. The highest BCUT2D eigenvalue weighted by atomic mass is 15.2. The van der Waals surface area contributed by atoms with Gasteiger partial charge in [0, 0.05) is 31.7 Å². The van der Waals surface area contributed by atoms with E-state index in [2.05, 4.69) is 17.1 Å². The first-order chi connectivity index (χ1) is 7.25. The Kier molecular flexibility index (Phi) is 2.52. The Bertz CT molecular complexity index is 231. The number of nitrogens with one attached hydrogen (secondary N) is 1. The van der Waals surface area contributed by atoms with Gasteiger partial charge in [0.05, 0.1) is 0 Å². The molecule has 2 saturated carbocycles. The van der Waals surface area contributed by atoms with E-state index in [-0.39, 0.29) is 0 Å². The van der Waals surface area contributed by atoms with Crippen molar-refractivity contribution in [3.8, 4) is 0 Å². The van der Waals surface area contributed by atoms with Crippen LogP contribution in [0, 0.1) is 5.41 Å². The molecule has 3 aliphatic rings. The van der Waals surface area contributed by atoms with Crippen molar-refractivity contribution in [2.24, 2.45) is 5.41 Å². The molecule has 1 unspecified atom stereocenters. The molecule has 1 N–H and O–H groups in total. The number of hydrogen-bond acceptors (Lipinski definition) is 2. The van der Waals surface area contributed by atoms with Crippen molar-refractivity contribution in [1.82, 2.24) is 10.2 Å². The quantitative estimate of drug-likeness (QED) is 0.760. The van der Waals surface area contributed by atoms with Crippen LogP contribution in [0.25, 0.3) is 0 Å². The van der Waals surface area contributed by atoms with Gasteiger partial charge in [-0.15, -0.1) is 0 Å². The third-order valence-corrected chi connectivity index (χ3v) is 4.66. The second kappa shape index (κ2) is 3.74. The third-order valence-electron chi connectivity index (χ3n) is 4.66. The Hall–Kier alpha value is -0.0800. The van der Waals surface area contributed by atoms with Crippen molar-refractivity contribution in [3.63, 3.8) is 0 Å². The predicted octanol–water partition coefficient (Wildman–Crippen LogP) is 2.00. The van der Waals surface area contributed by atoms with Crippen molar-refractivity contribution >= 4 is 0 Å². The molecular formula is C13H24N2. The van der Waals surface area contributed by atoms with Crippen LogP contribution in [-0.4, -0.2) is 36.6 Å². The first-order valence-electron chi connectivity index (χ1n) is 6.73. The topological polar surface area (TPSA) is 15.3 Å². The SMILES string of the molecule is CC1(CNC2CCN(C3CC3)C2)CCC1. The van der Waals surface area contributed by atoms with E-state index in [1.807, 2.05) is 0 Å². The molecule has 0 spiro atoms. The fraction of sp³-hybridized carbons (Fsp3) is 1.00. The fourth-order valence-electron chi connectivity index (χ4n) is 3.07. The van der Waals surface area contributed by atoms with E-state index in [0.717, 1.165) is 12.1 Å². The summed E-state index contributed by atoms with van der Waals surface area (Å²) in [6.07, 6.45) is 8.65. The van der Waals surface area contributed by atoms with Crippen molar-refractivity contribution < 1.29 is 0 Å². The molecule has 1 atom stereocenters. The van der Waals surface area contributed by atoms with Gasteiger partial charge in [-0.25, -0.2) is 0 Å². The molecule has 2 aliphatic carbocycles. The number of nitrogens with zero attached hydrogens (tertiary/aromatic N) is 1. The maximum Gasteiger partial charge on any atom is 0.0207 e. The fourth-order valence-corrected chi connectivity index (χ4v) is 3.07. The molecule has 0 aromatic heterocycles. The van der Waals surface area contributed by atoms with E-state index < -0.39 is 0 Å². The lowest BCUT2D eigenvalue weighted by Gasteiger charge is -2.39. The molecule has 0 aromatic rings. The zero-order valence-corrected chi connectivity index (χ0v) is 9.97. The standard InChI is InChI=1S/C13H24N2/c1-13(6-2-7-13)10-14-11-5-8-15(9-11)12-3-4-12/h11-12,14H,2-10H2,1H3. The van der Waals surface area contributed by atoms with Gasteiger partial charge >= 0.3 is 0 Å². The minimum atomic E-state index is 0.646. The zero-order valence-electron chi connectivity index (χ0n) is 9.97. The molecule has 0 radical (unpaired) electrons. The van der Waals surface area contributed by atoms with Crippen molar-refractivity contribution in [1.29, 1.82) is 0 Å². The first-order valence-corrected chi connectivity index (χ1v) is 6.73. The van der Waals surface area contributed by atoms with E-state index in [4.69, 9.17) is 0 Å². The summed E-state index contributed by atoms with van der Waals surface area (Å²) in [5.41, 5.74) is 0.646. The first kappa shape index (κ1) is 10.1. The van der Waals surface area contributed by atoms with Gasteiger partial charge in [0.25, 0.3) is 0 Å². The van der Waals surface area contributed by atoms with E-state index in [1.165, 1.54) is 58.2 Å². The normalized spacial score (nSPS) is 35.4. The van der Waals surface area contributed by atoms with Crippen LogP contribution in [0.5, 0.6) is 0 Å². The Morgan fingerprint density at radius 2 is 2.07 bits per heavy atom.